The Hall–Kier alpha value is -2.10. The molecule has 1 aliphatic carbocycles. The standard InChI is InChI=1S/C15H18N2O2/c16-14(18)13(17-15(19)12-9-10-12)8-4-7-11-5-2-1-3-6-11/h1-7,12-13H,8-10H2,(H2,16,18)(H,17,19)/b7-4+/t13-/m1/s1. The maximum atomic E-state index is 11.6. The van der Waals surface area contributed by atoms with Gasteiger partial charge in [-0.2, -0.15) is 0 Å². The van der Waals surface area contributed by atoms with Gasteiger partial charge in [0.05, 0.1) is 0 Å². The Morgan fingerprint density at radius 3 is 2.58 bits per heavy atom. The molecule has 1 atom stereocenters. The lowest BCUT2D eigenvalue weighted by atomic mass is 10.1. The first kappa shape index (κ1) is 13.3. The maximum Gasteiger partial charge on any atom is 0.240 e. The highest BCUT2D eigenvalue weighted by Crippen LogP contribution is 2.28. The fourth-order valence-corrected chi connectivity index (χ4v) is 1.79. The molecule has 2 rings (SSSR count). The molecule has 0 heterocycles. The first-order chi connectivity index (χ1) is 9.16. The van der Waals surface area contributed by atoms with E-state index in [1.54, 1.807) is 0 Å². The number of carbonyl (C=O) groups is 2. The van der Waals surface area contributed by atoms with Crippen LogP contribution < -0.4 is 11.1 Å². The van der Waals surface area contributed by atoms with E-state index in [0.717, 1.165) is 18.4 Å². The Morgan fingerprint density at radius 1 is 1.32 bits per heavy atom. The molecule has 4 nitrogen and oxygen atoms in total. The van der Waals surface area contributed by atoms with Crippen LogP contribution in [-0.4, -0.2) is 17.9 Å². The van der Waals surface area contributed by atoms with Crippen molar-refractivity contribution in [3.63, 3.8) is 0 Å². The molecule has 0 spiro atoms. The number of carbonyl (C=O) groups excluding carboxylic acids is 2. The number of nitrogens with two attached hydrogens (primary N) is 1. The fraction of sp³-hybridized carbons (Fsp3) is 0.333. The molecule has 1 aromatic rings. The fourth-order valence-electron chi connectivity index (χ4n) is 1.79. The van der Waals surface area contributed by atoms with Crippen molar-refractivity contribution in [2.24, 2.45) is 11.7 Å². The molecule has 19 heavy (non-hydrogen) atoms. The summed E-state index contributed by atoms with van der Waals surface area (Å²) in [6.45, 7) is 0. The lowest BCUT2D eigenvalue weighted by Crippen LogP contribution is -2.44. The number of primary amides is 1. The lowest BCUT2D eigenvalue weighted by Gasteiger charge is -2.13. The van der Waals surface area contributed by atoms with Gasteiger partial charge in [-0.25, -0.2) is 0 Å². The summed E-state index contributed by atoms with van der Waals surface area (Å²) in [6.07, 6.45) is 6.02. The molecule has 1 saturated carbocycles. The predicted molar refractivity (Wildman–Crippen MR) is 73.9 cm³/mol. The average Bonchev–Trinajstić information content (AvgIpc) is 3.22. The zero-order chi connectivity index (χ0) is 13.7. The minimum absolute atomic E-state index is 0.0584. The molecule has 3 N–H and O–H groups in total. The van der Waals surface area contributed by atoms with Crippen LogP contribution in [-0.2, 0) is 9.59 Å². The quantitative estimate of drug-likeness (QED) is 0.811. The van der Waals surface area contributed by atoms with Crippen LogP contribution in [0.1, 0.15) is 24.8 Å². The van der Waals surface area contributed by atoms with Crippen molar-refractivity contribution in [3.8, 4) is 0 Å². The Bertz CT molecular complexity index is 478. The Kier molecular flexibility index (Phi) is 4.34. The Morgan fingerprint density at radius 2 is 2.00 bits per heavy atom. The summed E-state index contributed by atoms with van der Waals surface area (Å²) < 4.78 is 0. The van der Waals surface area contributed by atoms with E-state index in [1.807, 2.05) is 42.5 Å². The molecule has 0 radical (unpaired) electrons. The zero-order valence-electron chi connectivity index (χ0n) is 10.7. The molecule has 2 amide bonds. The highest BCUT2D eigenvalue weighted by Gasteiger charge is 2.31. The molecule has 0 bridgehead atoms. The first-order valence-electron chi connectivity index (χ1n) is 6.48. The van der Waals surface area contributed by atoms with Gasteiger partial charge in [0, 0.05) is 5.92 Å². The highest BCUT2D eigenvalue weighted by atomic mass is 16.2. The van der Waals surface area contributed by atoms with Crippen LogP contribution in [0.4, 0.5) is 0 Å². The molecule has 0 aromatic heterocycles. The highest BCUT2D eigenvalue weighted by molar-refractivity contribution is 5.88. The SMILES string of the molecule is NC(=O)[C@@H](C/C=C/c1ccccc1)NC(=O)C1CC1. The van der Waals surface area contributed by atoms with Crippen LogP contribution in [0.5, 0.6) is 0 Å². The summed E-state index contributed by atoms with van der Waals surface area (Å²) in [5, 5.41) is 2.70. The van der Waals surface area contributed by atoms with Crippen LogP contribution in [0.2, 0.25) is 0 Å². The largest absolute Gasteiger partial charge is 0.368 e. The number of hydrogen-bond acceptors (Lipinski definition) is 2. The van der Waals surface area contributed by atoms with Crippen molar-refractivity contribution >= 4 is 17.9 Å². The van der Waals surface area contributed by atoms with E-state index in [0.29, 0.717) is 6.42 Å². The monoisotopic (exact) mass is 258 g/mol. The van der Waals surface area contributed by atoms with Gasteiger partial charge in [0.2, 0.25) is 11.8 Å². The molecule has 4 heteroatoms. The summed E-state index contributed by atoms with van der Waals surface area (Å²) in [7, 11) is 0. The lowest BCUT2D eigenvalue weighted by molar-refractivity contribution is -0.128. The van der Waals surface area contributed by atoms with Crippen molar-refractivity contribution < 1.29 is 9.59 Å². The van der Waals surface area contributed by atoms with E-state index < -0.39 is 11.9 Å². The Balaban J connectivity index is 1.88. The number of rotatable bonds is 6. The molecule has 1 fully saturated rings. The van der Waals surface area contributed by atoms with Gasteiger partial charge < -0.3 is 11.1 Å². The number of benzene rings is 1. The minimum Gasteiger partial charge on any atom is -0.368 e. The van der Waals surface area contributed by atoms with E-state index in [9.17, 15) is 9.59 Å². The summed E-state index contributed by atoms with van der Waals surface area (Å²) in [5.74, 6) is -0.469. The minimum atomic E-state index is -0.618. The second-order valence-corrected chi connectivity index (χ2v) is 4.79. The van der Waals surface area contributed by atoms with Gasteiger partial charge in [-0.1, -0.05) is 42.5 Å². The van der Waals surface area contributed by atoms with E-state index in [1.165, 1.54) is 0 Å². The van der Waals surface area contributed by atoms with Crippen LogP contribution >= 0.6 is 0 Å². The van der Waals surface area contributed by atoms with E-state index >= 15 is 0 Å². The van der Waals surface area contributed by atoms with Gasteiger partial charge in [0.15, 0.2) is 0 Å². The predicted octanol–water partition coefficient (Wildman–Crippen LogP) is 1.47. The smallest absolute Gasteiger partial charge is 0.240 e. The van der Waals surface area contributed by atoms with Gasteiger partial charge in [-0.05, 0) is 24.8 Å². The van der Waals surface area contributed by atoms with Gasteiger partial charge >= 0.3 is 0 Å². The van der Waals surface area contributed by atoms with E-state index in [-0.39, 0.29) is 11.8 Å². The second kappa shape index (κ2) is 6.18. The van der Waals surface area contributed by atoms with E-state index in [2.05, 4.69) is 5.32 Å². The van der Waals surface area contributed by atoms with Gasteiger partial charge in [-0.3, -0.25) is 9.59 Å². The van der Waals surface area contributed by atoms with Crippen LogP contribution in [0.3, 0.4) is 0 Å². The number of amides is 2. The average molecular weight is 258 g/mol. The summed E-state index contributed by atoms with van der Waals surface area (Å²) in [6, 6.07) is 9.16. The first-order valence-corrected chi connectivity index (χ1v) is 6.48. The van der Waals surface area contributed by atoms with Gasteiger partial charge in [0.1, 0.15) is 6.04 Å². The van der Waals surface area contributed by atoms with Gasteiger partial charge in [-0.15, -0.1) is 0 Å². The number of hydrogen-bond donors (Lipinski definition) is 2. The van der Waals surface area contributed by atoms with Crippen molar-refractivity contribution in [3.05, 3.63) is 42.0 Å². The van der Waals surface area contributed by atoms with Crippen molar-refractivity contribution in [1.29, 1.82) is 0 Å². The molecule has 100 valence electrons. The molecule has 1 aromatic carbocycles. The van der Waals surface area contributed by atoms with Crippen molar-refractivity contribution in [1.82, 2.24) is 5.32 Å². The van der Waals surface area contributed by atoms with Crippen molar-refractivity contribution in [2.75, 3.05) is 0 Å². The summed E-state index contributed by atoms with van der Waals surface area (Å²) in [5.41, 5.74) is 6.35. The zero-order valence-corrected chi connectivity index (χ0v) is 10.7. The normalized spacial score (nSPS) is 16.2. The van der Waals surface area contributed by atoms with Crippen molar-refractivity contribution in [2.45, 2.75) is 25.3 Å². The van der Waals surface area contributed by atoms with E-state index in [4.69, 9.17) is 5.73 Å². The summed E-state index contributed by atoms with van der Waals surface area (Å²) in [4.78, 5) is 22.9. The summed E-state index contributed by atoms with van der Waals surface area (Å²) >= 11 is 0. The Labute approximate surface area is 112 Å². The third kappa shape index (κ3) is 4.25. The molecule has 0 unspecified atom stereocenters. The molecule has 1 aliphatic rings. The van der Waals surface area contributed by atoms with Crippen LogP contribution in [0.25, 0.3) is 6.08 Å². The topological polar surface area (TPSA) is 72.2 Å². The molecular formula is C15H18N2O2. The van der Waals surface area contributed by atoms with Crippen LogP contribution in [0.15, 0.2) is 36.4 Å². The molecule has 0 saturated heterocycles. The second-order valence-electron chi connectivity index (χ2n) is 4.79. The van der Waals surface area contributed by atoms with Gasteiger partial charge in [0.25, 0.3) is 0 Å². The third-order valence-electron chi connectivity index (χ3n) is 3.09. The molecular weight excluding hydrogens is 240 g/mol. The van der Waals surface area contributed by atoms with Crippen LogP contribution in [0, 0.1) is 5.92 Å². The maximum absolute atomic E-state index is 11.6. The molecule has 0 aliphatic heterocycles. The third-order valence-corrected chi connectivity index (χ3v) is 3.09. The number of nitrogens with one attached hydrogen (secondary N) is 1.